The Balaban J connectivity index is 1.67. The first kappa shape index (κ1) is 21.3. The lowest BCUT2D eigenvalue weighted by Crippen LogP contribution is -2.31. The second-order valence-corrected chi connectivity index (χ2v) is 6.99. The van der Waals surface area contributed by atoms with Crippen LogP contribution in [0.3, 0.4) is 0 Å². The maximum atomic E-state index is 12.6. The number of esters is 1. The molecule has 0 spiro atoms. The van der Waals surface area contributed by atoms with E-state index in [4.69, 9.17) is 4.74 Å². The Labute approximate surface area is 176 Å². The number of rotatable bonds is 8. The summed E-state index contributed by atoms with van der Waals surface area (Å²) in [7, 11) is 3.55. The van der Waals surface area contributed by atoms with Crippen LogP contribution in [0.1, 0.15) is 22.8 Å². The average Bonchev–Trinajstić information content (AvgIpc) is 3.09. The number of carbonyl (C=O) groups excluding carboxylic acids is 2. The van der Waals surface area contributed by atoms with Gasteiger partial charge in [0.05, 0.1) is 19.3 Å². The molecule has 0 fully saturated rings. The van der Waals surface area contributed by atoms with Crippen molar-refractivity contribution >= 4 is 17.7 Å². The number of hydrogen-bond donors (Lipinski definition) is 1. The van der Waals surface area contributed by atoms with E-state index in [-0.39, 0.29) is 24.6 Å². The van der Waals surface area contributed by atoms with Crippen molar-refractivity contribution in [1.82, 2.24) is 14.7 Å². The predicted octanol–water partition coefficient (Wildman–Crippen LogP) is 3.33. The summed E-state index contributed by atoms with van der Waals surface area (Å²) in [6.07, 6.45) is 1.40. The fourth-order valence-corrected chi connectivity index (χ4v) is 3.26. The maximum absolute atomic E-state index is 12.6. The number of aromatic nitrogens is 2. The molecule has 0 aliphatic heterocycles. The number of nitrogens with one attached hydrogen (secondary N) is 1. The Morgan fingerprint density at radius 2 is 1.80 bits per heavy atom. The minimum Gasteiger partial charge on any atom is -0.462 e. The molecule has 7 heteroatoms. The van der Waals surface area contributed by atoms with Gasteiger partial charge in [0.15, 0.2) is 0 Å². The number of aryl methyl sites for hydroxylation is 1. The number of anilines is 1. The topological polar surface area (TPSA) is 76.5 Å². The standard InChI is InChI=1S/C23H26N4O3/c1-4-30-23(29)20-14-24-27(3)22(20)25-21(28)16-26(2)15-18-12-8-9-13-19(18)17-10-6-5-7-11-17/h5-14H,4,15-16H2,1-3H3,(H,25,28). The van der Waals surface area contributed by atoms with Gasteiger partial charge in [-0.1, -0.05) is 54.6 Å². The smallest absolute Gasteiger partial charge is 0.343 e. The van der Waals surface area contributed by atoms with Crippen molar-refractivity contribution in [3.8, 4) is 11.1 Å². The normalized spacial score (nSPS) is 10.8. The second kappa shape index (κ2) is 9.84. The van der Waals surface area contributed by atoms with Crippen LogP contribution in [0.2, 0.25) is 0 Å². The molecule has 0 bridgehead atoms. The highest BCUT2D eigenvalue weighted by Gasteiger charge is 2.20. The number of benzene rings is 2. The Kier molecular flexibility index (Phi) is 6.98. The molecule has 1 heterocycles. The number of ether oxygens (including phenoxy) is 1. The molecule has 0 radical (unpaired) electrons. The molecular weight excluding hydrogens is 380 g/mol. The van der Waals surface area contributed by atoms with Crippen LogP contribution in [0.25, 0.3) is 11.1 Å². The largest absolute Gasteiger partial charge is 0.462 e. The van der Waals surface area contributed by atoms with Gasteiger partial charge in [0.2, 0.25) is 5.91 Å². The number of nitrogens with zero attached hydrogens (tertiary/aromatic N) is 3. The SMILES string of the molecule is CCOC(=O)c1cnn(C)c1NC(=O)CN(C)Cc1ccccc1-c1ccccc1. The van der Waals surface area contributed by atoms with Crippen molar-refractivity contribution < 1.29 is 14.3 Å². The van der Waals surface area contributed by atoms with Gasteiger partial charge in [0.25, 0.3) is 0 Å². The maximum Gasteiger partial charge on any atom is 0.343 e. The molecule has 1 amide bonds. The van der Waals surface area contributed by atoms with Crippen LogP contribution in [0.5, 0.6) is 0 Å². The van der Waals surface area contributed by atoms with Gasteiger partial charge in [-0.3, -0.25) is 14.4 Å². The highest BCUT2D eigenvalue weighted by atomic mass is 16.5. The van der Waals surface area contributed by atoms with Crippen LogP contribution < -0.4 is 5.32 Å². The highest BCUT2D eigenvalue weighted by Crippen LogP contribution is 2.24. The molecule has 0 atom stereocenters. The van der Waals surface area contributed by atoms with Gasteiger partial charge in [-0.2, -0.15) is 5.10 Å². The van der Waals surface area contributed by atoms with E-state index in [9.17, 15) is 9.59 Å². The molecule has 7 nitrogen and oxygen atoms in total. The van der Waals surface area contributed by atoms with Gasteiger partial charge in [-0.05, 0) is 30.7 Å². The second-order valence-electron chi connectivity index (χ2n) is 6.99. The molecule has 2 aromatic carbocycles. The molecule has 3 rings (SSSR count). The van der Waals surface area contributed by atoms with Crippen LogP contribution >= 0.6 is 0 Å². The predicted molar refractivity (Wildman–Crippen MR) is 116 cm³/mol. The molecule has 1 aromatic heterocycles. The summed E-state index contributed by atoms with van der Waals surface area (Å²) >= 11 is 0. The van der Waals surface area contributed by atoms with Gasteiger partial charge in [-0.15, -0.1) is 0 Å². The zero-order chi connectivity index (χ0) is 21.5. The van der Waals surface area contributed by atoms with E-state index in [1.54, 1.807) is 14.0 Å². The summed E-state index contributed by atoms with van der Waals surface area (Å²) < 4.78 is 6.48. The van der Waals surface area contributed by atoms with E-state index in [0.717, 1.165) is 16.7 Å². The fourth-order valence-electron chi connectivity index (χ4n) is 3.26. The van der Waals surface area contributed by atoms with E-state index in [0.29, 0.717) is 12.4 Å². The van der Waals surface area contributed by atoms with Crippen molar-refractivity contribution in [2.24, 2.45) is 7.05 Å². The summed E-state index contributed by atoms with van der Waals surface area (Å²) in [6, 6.07) is 18.3. The number of amides is 1. The molecule has 156 valence electrons. The molecule has 3 aromatic rings. The number of carbonyl (C=O) groups is 2. The van der Waals surface area contributed by atoms with Gasteiger partial charge >= 0.3 is 5.97 Å². The van der Waals surface area contributed by atoms with Crippen molar-refractivity contribution in [1.29, 1.82) is 0 Å². The minimum absolute atomic E-state index is 0.163. The molecule has 0 saturated heterocycles. The molecule has 0 unspecified atom stereocenters. The Morgan fingerprint density at radius 1 is 1.10 bits per heavy atom. The third kappa shape index (κ3) is 5.12. The fraction of sp³-hybridized carbons (Fsp3) is 0.261. The summed E-state index contributed by atoms with van der Waals surface area (Å²) in [5.41, 5.74) is 3.65. The third-order valence-electron chi connectivity index (χ3n) is 4.65. The summed E-state index contributed by atoms with van der Waals surface area (Å²) in [5.74, 6) is -0.411. The lowest BCUT2D eigenvalue weighted by molar-refractivity contribution is -0.117. The van der Waals surface area contributed by atoms with Crippen molar-refractivity contribution in [2.75, 3.05) is 25.5 Å². The van der Waals surface area contributed by atoms with Crippen LogP contribution in [-0.4, -0.2) is 46.8 Å². The molecule has 0 aliphatic carbocycles. The zero-order valence-electron chi connectivity index (χ0n) is 17.5. The quantitative estimate of drug-likeness (QED) is 0.581. The van der Waals surface area contributed by atoms with Gasteiger partial charge in [0.1, 0.15) is 11.4 Å². The highest BCUT2D eigenvalue weighted by molar-refractivity contribution is 6.00. The molecule has 0 aliphatic rings. The first-order valence-electron chi connectivity index (χ1n) is 9.80. The molecular formula is C23H26N4O3. The van der Waals surface area contributed by atoms with Gasteiger partial charge in [-0.25, -0.2) is 4.79 Å². The van der Waals surface area contributed by atoms with Crippen LogP contribution in [0.15, 0.2) is 60.8 Å². The van der Waals surface area contributed by atoms with E-state index in [1.807, 2.05) is 42.3 Å². The monoisotopic (exact) mass is 406 g/mol. The number of hydrogen-bond acceptors (Lipinski definition) is 5. The summed E-state index contributed by atoms with van der Waals surface area (Å²) in [6.45, 7) is 2.75. The first-order chi connectivity index (χ1) is 14.5. The zero-order valence-corrected chi connectivity index (χ0v) is 17.5. The molecule has 1 N–H and O–H groups in total. The lowest BCUT2D eigenvalue weighted by atomic mass is 9.99. The lowest BCUT2D eigenvalue weighted by Gasteiger charge is -2.19. The van der Waals surface area contributed by atoms with E-state index < -0.39 is 5.97 Å². The van der Waals surface area contributed by atoms with E-state index in [1.165, 1.54) is 10.9 Å². The molecule has 30 heavy (non-hydrogen) atoms. The number of likely N-dealkylation sites (N-methyl/N-ethyl adjacent to an activating group) is 1. The van der Waals surface area contributed by atoms with Crippen molar-refractivity contribution in [2.45, 2.75) is 13.5 Å². The minimum atomic E-state index is -0.508. The summed E-state index contributed by atoms with van der Waals surface area (Å²) in [5, 5.41) is 6.83. The average molecular weight is 406 g/mol. The van der Waals surface area contributed by atoms with Crippen LogP contribution in [-0.2, 0) is 23.1 Å². The van der Waals surface area contributed by atoms with Gasteiger partial charge in [0, 0.05) is 13.6 Å². The molecule has 0 saturated carbocycles. The Hall–Kier alpha value is -3.45. The first-order valence-corrected chi connectivity index (χ1v) is 9.80. The third-order valence-corrected chi connectivity index (χ3v) is 4.65. The van der Waals surface area contributed by atoms with Gasteiger partial charge < -0.3 is 10.1 Å². The van der Waals surface area contributed by atoms with Crippen LogP contribution in [0, 0.1) is 0 Å². The van der Waals surface area contributed by atoms with Crippen molar-refractivity contribution in [3.05, 3.63) is 71.9 Å². The van der Waals surface area contributed by atoms with Crippen LogP contribution in [0.4, 0.5) is 5.82 Å². The Morgan fingerprint density at radius 3 is 2.53 bits per heavy atom. The van der Waals surface area contributed by atoms with E-state index >= 15 is 0 Å². The summed E-state index contributed by atoms with van der Waals surface area (Å²) in [4.78, 5) is 26.6. The Bertz CT molecular complexity index is 1010. The van der Waals surface area contributed by atoms with Crippen molar-refractivity contribution in [3.63, 3.8) is 0 Å². The van der Waals surface area contributed by atoms with E-state index in [2.05, 4.69) is 34.7 Å².